The lowest BCUT2D eigenvalue weighted by Crippen LogP contribution is -2.66. The summed E-state index contributed by atoms with van der Waals surface area (Å²) in [6.45, 7) is 7.02. The SMILES string of the molecule is BC1(B)N(C(C)(C)C)C(B)(B)C(B)(B)C1(B)B. The average Bonchev–Trinajstić information content (AvgIpc) is 2.03. The van der Waals surface area contributed by atoms with Gasteiger partial charge in [0, 0.05) is 5.54 Å². The van der Waals surface area contributed by atoms with Crippen molar-refractivity contribution in [3.05, 3.63) is 0 Å². The molecule has 1 aliphatic rings. The van der Waals surface area contributed by atoms with E-state index in [0.29, 0.717) is 0 Å². The molecule has 86 valence electrons. The molecular weight excluding hydrogens is 197 g/mol. The van der Waals surface area contributed by atoms with Crippen LogP contribution in [0.2, 0.25) is 10.4 Å². The second-order valence-corrected chi connectivity index (χ2v) is 8.87. The second-order valence-electron chi connectivity index (χ2n) is 8.87. The molecule has 1 fully saturated rings. The van der Waals surface area contributed by atoms with Gasteiger partial charge in [-0.1, -0.05) is 10.4 Å². The minimum absolute atomic E-state index is 0.192. The molecule has 0 amide bonds. The monoisotopic (exact) mass is 223 g/mol. The van der Waals surface area contributed by atoms with Crippen LogP contribution < -0.4 is 0 Å². The Bertz CT molecular complexity index is 303. The number of nitrogens with zero attached hydrogens (tertiary/aromatic N) is 1. The van der Waals surface area contributed by atoms with Crippen LogP contribution in [0.25, 0.3) is 0 Å². The van der Waals surface area contributed by atoms with E-state index < -0.39 is 0 Å². The molecular formula is C8H25B8N. The maximum absolute atomic E-state index is 2.73. The molecule has 0 spiro atoms. The Kier molecular flexibility index (Phi) is 3.22. The Morgan fingerprint density at radius 2 is 0.882 bits per heavy atom. The van der Waals surface area contributed by atoms with Crippen LogP contribution in [-0.2, 0) is 0 Å². The molecule has 1 aliphatic heterocycles. The highest BCUT2D eigenvalue weighted by molar-refractivity contribution is 6.67. The first-order chi connectivity index (χ1) is 7.12. The van der Waals surface area contributed by atoms with Crippen LogP contribution in [0.4, 0.5) is 0 Å². The Hall–Kier alpha value is 0.479. The van der Waals surface area contributed by atoms with Gasteiger partial charge in [0.2, 0.25) is 0 Å². The minimum Gasteiger partial charge on any atom is -0.320 e. The molecule has 1 rings (SSSR count). The standard InChI is InChI=1S/C8H25B8N/c1-4(2,3)17-7(13,14)5(9,10)6(11,12)8(17,15)16/h9-16H2,1-3H3. The third kappa shape index (κ3) is 1.67. The summed E-state index contributed by atoms with van der Waals surface area (Å²) in [5.74, 6) is 0. The molecule has 9 heteroatoms. The molecule has 17 heavy (non-hydrogen) atoms. The molecule has 0 aromatic rings. The van der Waals surface area contributed by atoms with Crippen LogP contribution in [0, 0.1) is 0 Å². The van der Waals surface area contributed by atoms with Gasteiger partial charge in [0.15, 0.2) is 0 Å². The van der Waals surface area contributed by atoms with Gasteiger partial charge in [0.1, 0.15) is 31.4 Å². The third-order valence-electron chi connectivity index (χ3n) is 6.41. The van der Waals surface area contributed by atoms with Crippen molar-refractivity contribution in [3.8, 4) is 0 Å². The summed E-state index contributed by atoms with van der Waals surface area (Å²) >= 11 is 0. The quantitative estimate of drug-likeness (QED) is 0.368. The van der Waals surface area contributed by atoms with Crippen LogP contribution >= 0.6 is 0 Å². The first-order valence-electron chi connectivity index (χ1n) is 6.92. The summed E-state index contributed by atoms with van der Waals surface area (Å²) < 4.78 is 0. The maximum Gasteiger partial charge on any atom is 0.115 e. The van der Waals surface area contributed by atoms with E-state index in [2.05, 4.69) is 88.4 Å². The van der Waals surface area contributed by atoms with Crippen LogP contribution in [0.15, 0.2) is 0 Å². The highest BCUT2D eigenvalue weighted by Crippen LogP contribution is 2.64. The smallest absolute Gasteiger partial charge is 0.115 e. The predicted molar refractivity (Wildman–Crippen MR) is 101 cm³/mol. The zero-order valence-electron chi connectivity index (χ0n) is 13.9. The van der Waals surface area contributed by atoms with E-state index >= 15 is 0 Å². The fraction of sp³-hybridized carbons (Fsp3) is 1.00. The Balaban J connectivity index is 3.54. The van der Waals surface area contributed by atoms with E-state index in [1.165, 1.54) is 0 Å². The van der Waals surface area contributed by atoms with Crippen LogP contribution in [-0.4, -0.2) is 83.9 Å². The topological polar surface area (TPSA) is 3.24 Å². The van der Waals surface area contributed by atoms with Gasteiger partial charge in [-0.05, 0) is 31.4 Å². The predicted octanol–water partition coefficient (Wildman–Crippen LogP) is -6.29. The van der Waals surface area contributed by atoms with Crippen molar-refractivity contribution in [2.75, 3.05) is 0 Å². The first-order valence-corrected chi connectivity index (χ1v) is 6.92. The van der Waals surface area contributed by atoms with Crippen molar-refractivity contribution in [2.45, 2.75) is 47.4 Å². The van der Waals surface area contributed by atoms with Crippen molar-refractivity contribution in [2.24, 2.45) is 0 Å². The molecule has 0 aromatic heterocycles. The number of likely N-dealkylation sites (tertiary alicyclic amines) is 1. The zero-order valence-corrected chi connectivity index (χ0v) is 13.9. The highest BCUT2D eigenvalue weighted by Gasteiger charge is 2.66. The molecule has 1 saturated heterocycles. The van der Waals surface area contributed by atoms with Gasteiger partial charge >= 0.3 is 0 Å². The maximum atomic E-state index is 2.73. The Morgan fingerprint density at radius 3 is 1.00 bits per heavy atom. The fourth-order valence-corrected chi connectivity index (χ4v) is 4.46. The average molecular weight is 222 g/mol. The van der Waals surface area contributed by atoms with E-state index in [4.69, 9.17) is 0 Å². The molecule has 0 atom stereocenters. The van der Waals surface area contributed by atoms with Gasteiger partial charge in [-0.3, -0.25) is 0 Å². The van der Waals surface area contributed by atoms with Gasteiger partial charge in [-0.15, -0.1) is 0 Å². The summed E-state index contributed by atoms with van der Waals surface area (Å²) in [5, 5.41) is 0.935. The molecule has 0 aliphatic carbocycles. The fourth-order valence-electron chi connectivity index (χ4n) is 4.46. The molecule has 0 unspecified atom stereocenters. The van der Waals surface area contributed by atoms with Crippen LogP contribution in [0.1, 0.15) is 20.8 Å². The molecule has 0 aromatic carbocycles. The van der Waals surface area contributed by atoms with Crippen LogP contribution in [0.3, 0.4) is 0 Å². The van der Waals surface area contributed by atoms with Gasteiger partial charge in [0.25, 0.3) is 0 Å². The van der Waals surface area contributed by atoms with Crippen LogP contribution in [0.5, 0.6) is 0 Å². The van der Waals surface area contributed by atoms with Crippen molar-refractivity contribution in [3.63, 3.8) is 0 Å². The van der Waals surface area contributed by atoms with Gasteiger partial charge in [0.05, 0.1) is 31.4 Å². The normalized spacial score (nSPS) is 30.1. The Morgan fingerprint density at radius 1 is 0.647 bits per heavy atom. The van der Waals surface area contributed by atoms with Gasteiger partial charge in [-0.25, -0.2) is 0 Å². The van der Waals surface area contributed by atoms with E-state index in [1.54, 1.807) is 0 Å². The summed E-state index contributed by atoms with van der Waals surface area (Å²) in [5.41, 5.74) is 0.192. The van der Waals surface area contributed by atoms with Gasteiger partial charge < -0.3 is 4.90 Å². The minimum atomic E-state index is 0.192. The lowest BCUT2D eigenvalue weighted by molar-refractivity contribution is 0.101. The van der Waals surface area contributed by atoms with E-state index in [-0.39, 0.29) is 26.6 Å². The zero-order chi connectivity index (χ0) is 14.1. The van der Waals surface area contributed by atoms with E-state index in [1.807, 2.05) is 0 Å². The highest BCUT2D eigenvalue weighted by atomic mass is 15.3. The summed E-state index contributed by atoms with van der Waals surface area (Å²) in [6.07, 6.45) is 0. The van der Waals surface area contributed by atoms with E-state index in [9.17, 15) is 0 Å². The third-order valence-corrected chi connectivity index (χ3v) is 6.41. The number of rotatable bonds is 0. The first kappa shape index (κ1) is 15.5. The molecule has 0 bridgehead atoms. The summed E-state index contributed by atoms with van der Waals surface area (Å²) in [7, 11) is 19.4. The lowest BCUT2D eigenvalue weighted by atomic mass is 9.17. The lowest BCUT2D eigenvalue weighted by Gasteiger charge is -2.53. The molecule has 1 heterocycles. The summed E-state index contributed by atoms with van der Waals surface area (Å²) in [6, 6.07) is 0. The molecule has 0 saturated carbocycles. The van der Waals surface area contributed by atoms with Crippen molar-refractivity contribution >= 4 is 62.8 Å². The number of hydrogen-bond acceptors (Lipinski definition) is 1. The molecule has 0 N–H and O–H groups in total. The van der Waals surface area contributed by atoms with Gasteiger partial charge in [-0.2, -0.15) is 0 Å². The van der Waals surface area contributed by atoms with Crippen molar-refractivity contribution in [1.29, 1.82) is 0 Å². The largest absolute Gasteiger partial charge is 0.320 e. The van der Waals surface area contributed by atoms with E-state index in [0.717, 1.165) is 0 Å². The molecule has 0 radical (unpaired) electrons. The summed E-state index contributed by atoms with van der Waals surface area (Å²) in [4.78, 5) is 2.73. The van der Waals surface area contributed by atoms with Crippen molar-refractivity contribution in [1.82, 2.24) is 4.90 Å². The van der Waals surface area contributed by atoms with Crippen molar-refractivity contribution < 1.29 is 0 Å². The number of hydrogen-bond donors (Lipinski definition) is 0. The Labute approximate surface area is 115 Å². The molecule has 1 nitrogen and oxygen atoms in total. The second kappa shape index (κ2) is 3.52.